The molecule has 4 heteroatoms. The van der Waals surface area contributed by atoms with Gasteiger partial charge in [-0.15, -0.1) is 11.3 Å². The van der Waals surface area contributed by atoms with Crippen molar-refractivity contribution >= 4 is 33.8 Å². The number of aryl methyl sites for hydroxylation is 3. The summed E-state index contributed by atoms with van der Waals surface area (Å²) in [5.41, 5.74) is 11.9. The first-order valence-electron chi connectivity index (χ1n) is 7.67. The first-order chi connectivity index (χ1) is 10.6. The van der Waals surface area contributed by atoms with Gasteiger partial charge in [0.15, 0.2) is 0 Å². The highest BCUT2D eigenvalue weighted by Gasteiger charge is 2.17. The Kier molecular flexibility index (Phi) is 4.57. The number of nitrogens with one attached hydrogen (secondary N) is 1. The predicted molar refractivity (Wildman–Crippen MR) is 98.1 cm³/mol. The van der Waals surface area contributed by atoms with Crippen LogP contribution in [0.25, 0.3) is 21.5 Å². The van der Waals surface area contributed by atoms with E-state index in [1.54, 1.807) is 11.3 Å². The molecule has 0 atom stereocenters. The fourth-order valence-electron chi connectivity index (χ4n) is 2.93. The Labute approximate surface area is 140 Å². The minimum atomic E-state index is 0.739. The van der Waals surface area contributed by atoms with E-state index in [1.165, 1.54) is 32.6 Å². The Balaban J connectivity index is 2.19. The predicted octanol–water partition coefficient (Wildman–Crippen LogP) is 5.45. The third-order valence-corrected chi connectivity index (χ3v) is 5.45. The second kappa shape index (κ2) is 6.45. The first kappa shape index (κ1) is 15.6. The zero-order valence-corrected chi connectivity index (χ0v) is 14.6. The summed E-state index contributed by atoms with van der Waals surface area (Å²) in [7, 11) is 0. The van der Waals surface area contributed by atoms with Crippen LogP contribution in [0.4, 0.5) is 0 Å². The van der Waals surface area contributed by atoms with Crippen molar-refractivity contribution in [3.8, 4) is 10.6 Å². The lowest BCUT2D eigenvalue weighted by molar-refractivity contribution is 0.748. The fraction of sp³-hybridized carbons (Fsp3) is 0.333. The van der Waals surface area contributed by atoms with Crippen LogP contribution in [-0.4, -0.2) is 11.5 Å². The SMILES string of the molecule is Cc1csc(-c2[nH]c3c(C)ccc(Cl)c3c2CCCCN)c1. The summed E-state index contributed by atoms with van der Waals surface area (Å²) in [6.45, 7) is 5.00. The van der Waals surface area contributed by atoms with Gasteiger partial charge in [0, 0.05) is 5.39 Å². The lowest BCUT2D eigenvalue weighted by Gasteiger charge is -2.04. The van der Waals surface area contributed by atoms with Gasteiger partial charge in [-0.25, -0.2) is 0 Å². The molecule has 1 aromatic carbocycles. The molecule has 0 aliphatic rings. The van der Waals surface area contributed by atoms with Crippen molar-refractivity contribution in [1.82, 2.24) is 4.98 Å². The second-order valence-corrected chi connectivity index (χ2v) is 7.15. The molecule has 2 heterocycles. The van der Waals surface area contributed by atoms with E-state index in [4.69, 9.17) is 17.3 Å². The molecule has 22 heavy (non-hydrogen) atoms. The number of aromatic amines is 1. The molecule has 2 aromatic heterocycles. The Bertz CT molecular complexity index is 801. The maximum atomic E-state index is 6.51. The minimum Gasteiger partial charge on any atom is -0.353 e. The summed E-state index contributed by atoms with van der Waals surface area (Å²) in [5, 5.41) is 4.21. The van der Waals surface area contributed by atoms with Crippen LogP contribution in [0.2, 0.25) is 5.02 Å². The van der Waals surface area contributed by atoms with Gasteiger partial charge in [-0.3, -0.25) is 0 Å². The maximum Gasteiger partial charge on any atom is 0.0599 e. The smallest absolute Gasteiger partial charge is 0.0599 e. The molecular formula is C18H21ClN2S. The number of unbranched alkanes of at least 4 members (excludes halogenated alkanes) is 1. The van der Waals surface area contributed by atoms with Crippen LogP contribution in [0.3, 0.4) is 0 Å². The van der Waals surface area contributed by atoms with Crippen LogP contribution >= 0.6 is 22.9 Å². The summed E-state index contributed by atoms with van der Waals surface area (Å²) >= 11 is 8.30. The van der Waals surface area contributed by atoms with Crippen LogP contribution < -0.4 is 5.73 Å². The van der Waals surface area contributed by atoms with Crippen molar-refractivity contribution in [3.05, 3.63) is 45.3 Å². The molecule has 0 bridgehead atoms. The van der Waals surface area contributed by atoms with E-state index in [1.807, 2.05) is 6.07 Å². The van der Waals surface area contributed by atoms with Crippen molar-refractivity contribution in [2.75, 3.05) is 6.54 Å². The number of halogens is 1. The molecule has 0 spiro atoms. The normalized spacial score (nSPS) is 11.5. The first-order valence-corrected chi connectivity index (χ1v) is 8.92. The molecule has 3 aromatic rings. The minimum absolute atomic E-state index is 0.739. The molecule has 0 radical (unpaired) electrons. The molecule has 3 N–H and O–H groups in total. The molecule has 116 valence electrons. The molecule has 0 aliphatic carbocycles. The van der Waals surface area contributed by atoms with E-state index in [0.29, 0.717) is 0 Å². The van der Waals surface area contributed by atoms with E-state index in [-0.39, 0.29) is 0 Å². The number of nitrogens with two attached hydrogens (primary N) is 1. The molecule has 3 rings (SSSR count). The monoisotopic (exact) mass is 332 g/mol. The Morgan fingerprint density at radius 3 is 2.73 bits per heavy atom. The van der Waals surface area contributed by atoms with Crippen LogP contribution in [0, 0.1) is 13.8 Å². The van der Waals surface area contributed by atoms with Gasteiger partial charge in [0.25, 0.3) is 0 Å². The van der Waals surface area contributed by atoms with Gasteiger partial charge in [-0.1, -0.05) is 17.7 Å². The maximum absolute atomic E-state index is 6.51. The standard InChI is InChI=1S/C18H21ClN2S/c1-11-9-15(22-10-11)18-13(5-3-4-8-20)16-14(19)7-6-12(2)17(16)21-18/h6-7,9-10,21H,3-5,8,20H2,1-2H3. The summed E-state index contributed by atoms with van der Waals surface area (Å²) in [6.07, 6.45) is 3.14. The third-order valence-electron chi connectivity index (χ3n) is 4.07. The summed E-state index contributed by atoms with van der Waals surface area (Å²) in [4.78, 5) is 4.91. The Morgan fingerprint density at radius 1 is 1.23 bits per heavy atom. The molecule has 0 fully saturated rings. The molecule has 0 amide bonds. The summed E-state index contributed by atoms with van der Waals surface area (Å²) in [5.74, 6) is 0. The van der Waals surface area contributed by atoms with Gasteiger partial charge < -0.3 is 10.7 Å². The van der Waals surface area contributed by atoms with Gasteiger partial charge in [0.2, 0.25) is 0 Å². The van der Waals surface area contributed by atoms with E-state index >= 15 is 0 Å². The number of rotatable bonds is 5. The van der Waals surface area contributed by atoms with Crippen molar-refractivity contribution in [2.45, 2.75) is 33.1 Å². The lowest BCUT2D eigenvalue weighted by Crippen LogP contribution is -1.99. The molecule has 0 aliphatic heterocycles. The highest BCUT2D eigenvalue weighted by atomic mass is 35.5. The van der Waals surface area contributed by atoms with Crippen LogP contribution in [0.1, 0.15) is 29.5 Å². The number of hydrogen-bond acceptors (Lipinski definition) is 2. The van der Waals surface area contributed by atoms with Crippen LogP contribution in [-0.2, 0) is 6.42 Å². The Hall–Kier alpha value is -1.29. The van der Waals surface area contributed by atoms with Gasteiger partial charge >= 0.3 is 0 Å². The van der Waals surface area contributed by atoms with Crippen molar-refractivity contribution < 1.29 is 0 Å². The molecule has 0 saturated carbocycles. The summed E-state index contributed by atoms with van der Waals surface area (Å²) < 4.78 is 0. The van der Waals surface area contributed by atoms with E-state index in [2.05, 4.69) is 36.3 Å². The average molecular weight is 333 g/mol. The topological polar surface area (TPSA) is 41.8 Å². The van der Waals surface area contributed by atoms with E-state index in [9.17, 15) is 0 Å². The molecule has 0 saturated heterocycles. The lowest BCUT2D eigenvalue weighted by atomic mass is 10.0. The van der Waals surface area contributed by atoms with Gasteiger partial charge in [-0.2, -0.15) is 0 Å². The molecular weight excluding hydrogens is 312 g/mol. The molecule has 0 unspecified atom stereocenters. The number of aromatic nitrogens is 1. The van der Waals surface area contributed by atoms with E-state index < -0.39 is 0 Å². The van der Waals surface area contributed by atoms with Gasteiger partial charge in [0.1, 0.15) is 0 Å². The highest BCUT2D eigenvalue weighted by molar-refractivity contribution is 7.13. The molecule has 2 nitrogen and oxygen atoms in total. The Morgan fingerprint density at radius 2 is 2.05 bits per heavy atom. The largest absolute Gasteiger partial charge is 0.353 e. The average Bonchev–Trinajstić information content (AvgIpc) is 3.08. The second-order valence-electron chi connectivity index (χ2n) is 5.83. The number of hydrogen-bond donors (Lipinski definition) is 2. The van der Waals surface area contributed by atoms with Gasteiger partial charge in [-0.05, 0) is 73.9 Å². The van der Waals surface area contributed by atoms with Crippen LogP contribution in [0.15, 0.2) is 23.6 Å². The number of benzene rings is 1. The van der Waals surface area contributed by atoms with Crippen molar-refractivity contribution in [1.29, 1.82) is 0 Å². The summed E-state index contributed by atoms with van der Waals surface area (Å²) in [6, 6.07) is 6.32. The number of thiophene rings is 1. The zero-order chi connectivity index (χ0) is 15.7. The van der Waals surface area contributed by atoms with Crippen molar-refractivity contribution in [2.24, 2.45) is 5.73 Å². The van der Waals surface area contributed by atoms with Crippen molar-refractivity contribution in [3.63, 3.8) is 0 Å². The quantitative estimate of drug-likeness (QED) is 0.599. The van der Waals surface area contributed by atoms with Crippen LogP contribution in [0.5, 0.6) is 0 Å². The highest BCUT2D eigenvalue weighted by Crippen LogP contribution is 2.39. The van der Waals surface area contributed by atoms with Gasteiger partial charge in [0.05, 0.1) is 21.1 Å². The number of fused-ring (bicyclic) bond motifs is 1. The van der Waals surface area contributed by atoms with E-state index in [0.717, 1.165) is 36.3 Å². The fourth-order valence-corrected chi connectivity index (χ4v) is 4.13. The number of H-pyrrole nitrogens is 1. The zero-order valence-electron chi connectivity index (χ0n) is 13.0. The third kappa shape index (κ3) is 2.81.